The van der Waals surface area contributed by atoms with Crippen LogP contribution in [0.3, 0.4) is 0 Å². The van der Waals surface area contributed by atoms with Crippen molar-refractivity contribution in [3.63, 3.8) is 0 Å². The minimum Gasteiger partial charge on any atom is -0.490 e. The second kappa shape index (κ2) is 8.16. The van der Waals surface area contributed by atoms with E-state index < -0.39 is 5.97 Å². The van der Waals surface area contributed by atoms with Crippen LogP contribution < -0.4 is 4.74 Å². The molecule has 0 aliphatic heterocycles. The van der Waals surface area contributed by atoms with Crippen molar-refractivity contribution < 1.29 is 19.4 Å². The highest BCUT2D eigenvalue weighted by atomic mass is 127. The van der Waals surface area contributed by atoms with Gasteiger partial charge in [0.25, 0.3) is 0 Å². The lowest BCUT2D eigenvalue weighted by Crippen LogP contribution is -2.07. The van der Waals surface area contributed by atoms with Crippen molar-refractivity contribution in [2.24, 2.45) is 0 Å². The van der Waals surface area contributed by atoms with E-state index in [4.69, 9.17) is 14.6 Å². The first-order valence-electron chi connectivity index (χ1n) is 5.96. The number of carboxylic acid groups (broad SMARTS) is 1. The van der Waals surface area contributed by atoms with Gasteiger partial charge in [0.15, 0.2) is 0 Å². The summed E-state index contributed by atoms with van der Waals surface area (Å²) in [6.45, 7) is 5.19. The highest BCUT2D eigenvalue weighted by molar-refractivity contribution is 14.1. The van der Waals surface area contributed by atoms with Crippen LogP contribution in [0.25, 0.3) is 6.08 Å². The second-order valence-electron chi connectivity index (χ2n) is 3.87. The maximum atomic E-state index is 10.8. The predicted octanol–water partition coefficient (Wildman–Crippen LogP) is 3.19. The van der Waals surface area contributed by atoms with E-state index in [-0.39, 0.29) is 0 Å². The Bertz CT molecular complexity index is 469. The standard InChI is InChI=1S/C14H17IO4/c1-3-18-6-7-19-13-9-11(4-5-12(13)15)8-10(2)14(16)17/h4-5,8-9H,3,6-7H2,1-2H3,(H,16,17)/b10-8-. The number of halogens is 1. The van der Waals surface area contributed by atoms with Crippen molar-refractivity contribution in [3.05, 3.63) is 32.9 Å². The molecule has 5 heteroatoms. The molecule has 19 heavy (non-hydrogen) atoms. The van der Waals surface area contributed by atoms with E-state index in [2.05, 4.69) is 22.6 Å². The number of aliphatic carboxylic acids is 1. The largest absolute Gasteiger partial charge is 0.490 e. The third-order valence-corrected chi connectivity index (χ3v) is 3.26. The lowest BCUT2D eigenvalue weighted by Gasteiger charge is -2.09. The molecular weight excluding hydrogens is 359 g/mol. The number of hydrogen-bond donors (Lipinski definition) is 1. The van der Waals surface area contributed by atoms with Crippen LogP contribution in [0, 0.1) is 3.57 Å². The van der Waals surface area contributed by atoms with Crippen molar-refractivity contribution in [1.29, 1.82) is 0 Å². The smallest absolute Gasteiger partial charge is 0.331 e. The number of hydrogen-bond acceptors (Lipinski definition) is 3. The van der Waals surface area contributed by atoms with Crippen molar-refractivity contribution in [2.45, 2.75) is 13.8 Å². The highest BCUT2D eigenvalue weighted by Crippen LogP contribution is 2.23. The minimum atomic E-state index is -0.919. The van der Waals surface area contributed by atoms with E-state index in [1.165, 1.54) is 0 Å². The summed E-state index contributed by atoms with van der Waals surface area (Å²) in [6.07, 6.45) is 1.62. The fraction of sp³-hybridized carbons (Fsp3) is 0.357. The van der Waals surface area contributed by atoms with Crippen LogP contribution in [0.4, 0.5) is 0 Å². The summed E-state index contributed by atoms with van der Waals surface area (Å²) >= 11 is 2.18. The Balaban J connectivity index is 2.77. The second-order valence-corrected chi connectivity index (χ2v) is 5.03. The highest BCUT2D eigenvalue weighted by Gasteiger charge is 2.04. The van der Waals surface area contributed by atoms with Crippen LogP contribution in [-0.2, 0) is 9.53 Å². The van der Waals surface area contributed by atoms with E-state index in [1.54, 1.807) is 13.0 Å². The number of ether oxygens (including phenoxy) is 2. The molecule has 1 aromatic rings. The molecule has 0 saturated heterocycles. The summed E-state index contributed by atoms with van der Waals surface area (Å²) in [6, 6.07) is 5.60. The first kappa shape index (κ1) is 16.0. The topological polar surface area (TPSA) is 55.8 Å². The van der Waals surface area contributed by atoms with Crippen LogP contribution in [0.1, 0.15) is 19.4 Å². The van der Waals surface area contributed by atoms with Crippen LogP contribution in [0.15, 0.2) is 23.8 Å². The molecular formula is C14H17IO4. The molecule has 1 rings (SSSR count). The van der Waals surface area contributed by atoms with Gasteiger partial charge in [0.05, 0.1) is 10.2 Å². The predicted molar refractivity (Wildman–Crippen MR) is 82.4 cm³/mol. The van der Waals surface area contributed by atoms with Gasteiger partial charge in [0, 0.05) is 12.2 Å². The maximum Gasteiger partial charge on any atom is 0.331 e. The Morgan fingerprint density at radius 2 is 2.16 bits per heavy atom. The van der Waals surface area contributed by atoms with Crippen LogP contribution in [-0.4, -0.2) is 30.9 Å². The molecule has 0 aliphatic rings. The quantitative estimate of drug-likeness (QED) is 0.451. The summed E-state index contributed by atoms with van der Waals surface area (Å²) in [5.41, 5.74) is 1.10. The van der Waals surface area contributed by atoms with E-state index in [1.807, 2.05) is 25.1 Å². The molecule has 0 amide bonds. The van der Waals surface area contributed by atoms with Gasteiger partial charge in [-0.15, -0.1) is 0 Å². The Labute approximate surface area is 126 Å². The zero-order chi connectivity index (χ0) is 14.3. The van der Waals surface area contributed by atoms with Gasteiger partial charge in [-0.05, 0) is 60.2 Å². The van der Waals surface area contributed by atoms with Crippen LogP contribution >= 0.6 is 22.6 Å². The van der Waals surface area contributed by atoms with Gasteiger partial charge in [0.1, 0.15) is 12.4 Å². The molecule has 0 spiro atoms. The molecule has 0 aliphatic carbocycles. The number of carbonyl (C=O) groups is 1. The molecule has 0 atom stereocenters. The fourth-order valence-corrected chi connectivity index (χ4v) is 1.88. The summed E-state index contributed by atoms with van der Waals surface area (Å²) in [5.74, 6) is -0.176. The molecule has 0 radical (unpaired) electrons. The van der Waals surface area contributed by atoms with Gasteiger partial charge in [0.2, 0.25) is 0 Å². The summed E-state index contributed by atoms with van der Waals surface area (Å²) in [7, 11) is 0. The Morgan fingerprint density at radius 1 is 1.42 bits per heavy atom. The van der Waals surface area contributed by atoms with E-state index in [0.29, 0.717) is 25.4 Å². The lowest BCUT2D eigenvalue weighted by molar-refractivity contribution is -0.132. The molecule has 0 saturated carbocycles. The molecule has 0 heterocycles. The van der Waals surface area contributed by atoms with Gasteiger partial charge in [-0.3, -0.25) is 0 Å². The van der Waals surface area contributed by atoms with Gasteiger partial charge in [-0.2, -0.15) is 0 Å². The Morgan fingerprint density at radius 3 is 2.79 bits per heavy atom. The fourth-order valence-electron chi connectivity index (χ4n) is 1.39. The molecule has 0 bridgehead atoms. The summed E-state index contributed by atoms with van der Waals surface area (Å²) in [4.78, 5) is 10.8. The molecule has 0 fully saturated rings. The van der Waals surface area contributed by atoms with Crippen molar-refractivity contribution in [1.82, 2.24) is 0 Å². The van der Waals surface area contributed by atoms with Gasteiger partial charge >= 0.3 is 5.97 Å². The zero-order valence-electron chi connectivity index (χ0n) is 11.0. The first-order valence-corrected chi connectivity index (χ1v) is 7.04. The molecule has 4 nitrogen and oxygen atoms in total. The number of rotatable bonds is 7. The van der Waals surface area contributed by atoms with Crippen LogP contribution in [0.5, 0.6) is 5.75 Å². The SMILES string of the molecule is CCOCCOc1cc(/C=C(/C)C(=O)O)ccc1I. The van der Waals surface area contributed by atoms with Gasteiger partial charge in [-0.25, -0.2) is 4.79 Å². The monoisotopic (exact) mass is 376 g/mol. The van der Waals surface area contributed by atoms with E-state index in [0.717, 1.165) is 14.9 Å². The first-order chi connectivity index (χ1) is 9.04. The van der Waals surface area contributed by atoms with Gasteiger partial charge in [-0.1, -0.05) is 6.07 Å². The molecule has 0 unspecified atom stereocenters. The molecule has 0 aromatic heterocycles. The normalized spacial score (nSPS) is 11.4. The summed E-state index contributed by atoms with van der Waals surface area (Å²) in [5, 5.41) is 8.85. The Kier molecular flexibility index (Phi) is 6.86. The van der Waals surface area contributed by atoms with Crippen LogP contribution in [0.2, 0.25) is 0 Å². The average Bonchev–Trinajstić information content (AvgIpc) is 2.38. The number of benzene rings is 1. The van der Waals surface area contributed by atoms with E-state index in [9.17, 15) is 4.79 Å². The molecule has 1 N–H and O–H groups in total. The van der Waals surface area contributed by atoms with Crippen molar-refractivity contribution in [2.75, 3.05) is 19.8 Å². The minimum absolute atomic E-state index is 0.293. The molecule has 1 aromatic carbocycles. The average molecular weight is 376 g/mol. The third kappa shape index (κ3) is 5.61. The number of carboxylic acids is 1. The van der Waals surface area contributed by atoms with E-state index >= 15 is 0 Å². The van der Waals surface area contributed by atoms with Crippen molar-refractivity contribution in [3.8, 4) is 5.75 Å². The summed E-state index contributed by atoms with van der Waals surface area (Å²) < 4.78 is 11.8. The van der Waals surface area contributed by atoms with Crippen molar-refractivity contribution >= 4 is 34.6 Å². The molecule has 104 valence electrons. The zero-order valence-corrected chi connectivity index (χ0v) is 13.1. The lowest BCUT2D eigenvalue weighted by atomic mass is 10.1. The Hall–Kier alpha value is -1.08. The maximum absolute atomic E-state index is 10.8. The third-order valence-electron chi connectivity index (χ3n) is 2.37. The van der Waals surface area contributed by atoms with Gasteiger partial charge < -0.3 is 14.6 Å².